The average Bonchev–Trinajstić information content (AvgIpc) is 2.72. The van der Waals surface area contributed by atoms with Crippen LogP contribution in [0, 0.1) is 13.8 Å². The van der Waals surface area contributed by atoms with E-state index in [1.807, 2.05) is 38.1 Å². The van der Waals surface area contributed by atoms with E-state index in [1.165, 1.54) is 4.31 Å². The summed E-state index contributed by atoms with van der Waals surface area (Å²) in [6, 6.07) is 21.6. The molecule has 0 bridgehead atoms. The summed E-state index contributed by atoms with van der Waals surface area (Å²) < 4.78 is 33.7. The van der Waals surface area contributed by atoms with Crippen LogP contribution in [0.15, 0.2) is 72.8 Å². The number of fused-ring (bicyclic) bond motifs is 1. The van der Waals surface area contributed by atoms with Gasteiger partial charge in [-0.05, 0) is 54.8 Å². The molecular weight excluding hydrogens is 412 g/mol. The summed E-state index contributed by atoms with van der Waals surface area (Å²) >= 11 is 0. The molecule has 1 heterocycles. The number of hydrogen-bond acceptors (Lipinski definition) is 4. The summed E-state index contributed by atoms with van der Waals surface area (Å²) in [6.45, 7) is 3.81. The van der Waals surface area contributed by atoms with E-state index in [9.17, 15) is 13.2 Å². The van der Waals surface area contributed by atoms with Gasteiger partial charge in [0.2, 0.25) is 10.0 Å². The van der Waals surface area contributed by atoms with Crippen molar-refractivity contribution < 1.29 is 17.9 Å². The van der Waals surface area contributed by atoms with Gasteiger partial charge in [-0.2, -0.15) is 0 Å². The lowest BCUT2D eigenvalue weighted by molar-refractivity contribution is -0.122. The number of benzene rings is 3. The second-order valence-corrected chi connectivity index (χ2v) is 9.61. The van der Waals surface area contributed by atoms with Gasteiger partial charge in [0.1, 0.15) is 5.75 Å². The van der Waals surface area contributed by atoms with Gasteiger partial charge in [-0.1, -0.05) is 48.5 Å². The first kappa shape index (κ1) is 20.9. The molecule has 1 N–H and O–H groups in total. The lowest BCUT2D eigenvalue weighted by Gasteiger charge is -2.34. The summed E-state index contributed by atoms with van der Waals surface area (Å²) in [5.41, 5.74) is 3.83. The molecule has 0 aliphatic carbocycles. The van der Waals surface area contributed by atoms with Crippen molar-refractivity contribution in [2.24, 2.45) is 0 Å². The van der Waals surface area contributed by atoms with E-state index in [0.29, 0.717) is 22.7 Å². The Labute approximate surface area is 182 Å². The van der Waals surface area contributed by atoms with E-state index in [-0.39, 0.29) is 18.2 Å². The highest BCUT2D eigenvalue weighted by molar-refractivity contribution is 7.92. The molecule has 1 amide bonds. The van der Waals surface area contributed by atoms with Crippen LogP contribution in [-0.2, 0) is 20.6 Å². The molecule has 7 heteroatoms. The van der Waals surface area contributed by atoms with Crippen molar-refractivity contribution >= 4 is 27.3 Å². The highest BCUT2D eigenvalue weighted by Gasteiger charge is 2.36. The number of hydrogen-bond donors (Lipinski definition) is 1. The van der Waals surface area contributed by atoms with E-state index in [4.69, 9.17) is 4.74 Å². The predicted octanol–water partition coefficient (Wildman–Crippen LogP) is 4.04. The topological polar surface area (TPSA) is 75.7 Å². The normalized spacial score (nSPS) is 15.7. The van der Waals surface area contributed by atoms with Gasteiger partial charge in [0.15, 0.2) is 6.10 Å². The van der Waals surface area contributed by atoms with Gasteiger partial charge in [0, 0.05) is 5.69 Å². The molecule has 0 saturated carbocycles. The van der Waals surface area contributed by atoms with Crippen LogP contribution in [0.25, 0.3) is 0 Å². The van der Waals surface area contributed by atoms with Crippen LogP contribution < -0.4 is 14.4 Å². The Bertz CT molecular complexity index is 1190. The van der Waals surface area contributed by atoms with Crippen LogP contribution in [0.1, 0.15) is 16.7 Å². The van der Waals surface area contributed by atoms with Crippen molar-refractivity contribution in [2.75, 3.05) is 16.2 Å². The standard InChI is InChI=1S/C24H24N2O4S/c1-17-12-18(2)14-20(13-17)25-24(27)23-15-26(21-10-6-7-11-22(21)30-23)31(28,29)16-19-8-4-3-5-9-19/h3-14,23H,15-16H2,1-2H3,(H,25,27)/t23-/m1/s1. The van der Waals surface area contributed by atoms with Gasteiger partial charge >= 0.3 is 0 Å². The van der Waals surface area contributed by atoms with Gasteiger partial charge in [-0.15, -0.1) is 0 Å². The molecule has 1 aliphatic rings. The van der Waals surface area contributed by atoms with Crippen LogP contribution in [0.2, 0.25) is 0 Å². The summed E-state index contributed by atoms with van der Waals surface area (Å²) in [7, 11) is -3.73. The zero-order valence-electron chi connectivity index (χ0n) is 17.4. The highest BCUT2D eigenvalue weighted by atomic mass is 32.2. The van der Waals surface area contributed by atoms with Crippen LogP contribution in [0.4, 0.5) is 11.4 Å². The molecule has 6 nitrogen and oxygen atoms in total. The van der Waals surface area contributed by atoms with E-state index in [2.05, 4.69) is 5.32 Å². The number of aryl methyl sites for hydroxylation is 2. The molecule has 0 radical (unpaired) electrons. The van der Waals surface area contributed by atoms with Crippen molar-refractivity contribution in [1.82, 2.24) is 0 Å². The Kier molecular flexibility index (Phi) is 5.69. The minimum absolute atomic E-state index is 0.0944. The maximum atomic E-state index is 13.3. The number of carbonyl (C=O) groups excluding carboxylic acids is 1. The van der Waals surface area contributed by atoms with Crippen molar-refractivity contribution in [2.45, 2.75) is 25.7 Å². The quantitative estimate of drug-likeness (QED) is 0.655. The number of para-hydroxylation sites is 2. The molecule has 0 aromatic heterocycles. The molecule has 31 heavy (non-hydrogen) atoms. The molecule has 160 valence electrons. The fraction of sp³-hybridized carbons (Fsp3) is 0.208. The molecule has 4 rings (SSSR count). The lowest BCUT2D eigenvalue weighted by Crippen LogP contribution is -2.49. The fourth-order valence-corrected chi connectivity index (χ4v) is 5.32. The largest absolute Gasteiger partial charge is 0.476 e. The molecule has 3 aromatic rings. The van der Waals surface area contributed by atoms with E-state index in [1.54, 1.807) is 48.5 Å². The number of nitrogens with one attached hydrogen (secondary N) is 1. The Morgan fingerprint density at radius 2 is 1.65 bits per heavy atom. The van der Waals surface area contributed by atoms with E-state index in [0.717, 1.165) is 11.1 Å². The Balaban J connectivity index is 1.61. The third-order valence-electron chi connectivity index (χ3n) is 5.04. The second-order valence-electron chi connectivity index (χ2n) is 7.71. The summed E-state index contributed by atoms with van der Waals surface area (Å²) in [4.78, 5) is 13.0. The van der Waals surface area contributed by atoms with Crippen LogP contribution in [0.3, 0.4) is 0 Å². The van der Waals surface area contributed by atoms with E-state index < -0.39 is 16.1 Å². The Hall–Kier alpha value is -3.32. The van der Waals surface area contributed by atoms with Crippen molar-refractivity contribution in [1.29, 1.82) is 0 Å². The monoisotopic (exact) mass is 436 g/mol. The predicted molar refractivity (Wildman–Crippen MR) is 122 cm³/mol. The van der Waals surface area contributed by atoms with Crippen LogP contribution >= 0.6 is 0 Å². The molecule has 3 aromatic carbocycles. The number of sulfonamides is 1. The number of carbonyl (C=O) groups is 1. The summed E-state index contributed by atoms with van der Waals surface area (Å²) in [5, 5.41) is 2.86. The third kappa shape index (κ3) is 4.72. The van der Waals surface area contributed by atoms with Gasteiger partial charge < -0.3 is 10.1 Å². The van der Waals surface area contributed by atoms with E-state index >= 15 is 0 Å². The lowest BCUT2D eigenvalue weighted by atomic mass is 10.1. The summed E-state index contributed by atoms with van der Waals surface area (Å²) in [6.07, 6.45) is -0.971. The number of anilines is 2. The molecule has 1 aliphatic heterocycles. The fourth-order valence-electron chi connectivity index (χ4n) is 3.73. The van der Waals surface area contributed by atoms with Gasteiger partial charge in [-0.3, -0.25) is 9.10 Å². The van der Waals surface area contributed by atoms with Gasteiger partial charge in [0.05, 0.1) is 18.0 Å². The van der Waals surface area contributed by atoms with Crippen LogP contribution in [0.5, 0.6) is 5.75 Å². The minimum Gasteiger partial charge on any atom is -0.476 e. The summed E-state index contributed by atoms with van der Waals surface area (Å²) in [5.74, 6) is -0.182. The number of ether oxygens (including phenoxy) is 1. The molecule has 0 fully saturated rings. The SMILES string of the molecule is Cc1cc(C)cc(NC(=O)[C@H]2CN(S(=O)(=O)Cc3ccccc3)c3ccccc3O2)c1. The Morgan fingerprint density at radius 3 is 2.35 bits per heavy atom. The third-order valence-corrected chi connectivity index (χ3v) is 6.76. The molecule has 0 saturated heterocycles. The minimum atomic E-state index is -3.73. The first-order chi connectivity index (χ1) is 14.8. The average molecular weight is 437 g/mol. The zero-order valence-corrected chi connectivity index (χ0v) is 18.2. The number of rotatable bonds is 5. The first-order valence-corrected chi connectivity index (χ1v) is 11.6. The number of nitrogens with zero attached hydrogens (tertiary/aromatic N) is 1. The smallest absolute Gasteiger partial charge is 0.267 e. The van der Waals surface area contributed by atoms with Gasteiger partial charge in [0.25, 0.3) is 5.91 Å². The molecular formula is C24H24N2O4S. The second kappa shape index (κ2) is 8.43. The van der Waals surface area contributed by atoms with Crippen molar-refractivity contribution in [3.05, 3.63) is 89.5 Å². The van der Waals surface area contributed by atoms with Crippen molar-refractivity contribution in [3.63, 3.8) is 0 Å². The van der Waals surface area contributed by atoms with Crippen molar-refractivity contribution in [3.8, 4) is 5.75 Å². The van der Waals surface area contributed by atoms with Crippen LogP contribution in [-0.4, -0.2) is 27.0 Å². The Morgan fingerprint density at radius 1 is 1.00 bits per heavy atom. The maximum Gasteiger partial charge on any atom is 0.267 e. The first-order valence-electron chi connectivity index (χ1n) is 10.0. The molecule has 0 unspecified atom stereocenters. The molecule has 1 atom stereocenters. The molecule has 0 spiro atoms. The highest BCUT2D eigenvalue weighted by Crippen LogP contribution is 2.36. The number of amides is 1. The maximum absolute atomic E-state index is 13.3. The van der Waals surface area contributed by atoms with Gasteiger partial charge in [-0.25, -0.2) is 8.42 Å². The zero-order chi connectivity index (χ0) is 22.0.